The first-order valence-corrected chi connectivity index (χ1v) is 10.6. The molecular weight excluding hydrogens is 498 g/mol. The smallest absolute Gasteiger partial charge is 0.296 e. The first kappa shape index (κ1) is 22.4. The van der Waals surface area contributed by atoms with Crippen molar-refractivity contribution in [3.8, 4) is 0 Å². The minimum atomic E-state index is -0.968. The summed E-state index contributed by atoms with van der Waals surface area (Å²) in [6, 6.07) is 8.45. The van der Waals surface area contributed by atoms with Gasteiger partial charge in [0.15, 0.2) is 0 Å². The number of amides is 1. The number of halogens is 4. The number of Topliss-reactive ketones (excluding diaryl/α,β-unsaturated/α-hetero) is 1. The van der Waals surface area contributed by atoms with Gasteiger partial charge in [-0.1, -0.05) is 52.5 Å². The minimum absolute atomic E-state index is 0.0337. The van der Waals surface area contributed by atoms with Gasteiger partial charge in [-0.2, -0.15) is 4.73 Å². The molecule has 11 heteroatoms. The average Bonchev–Trinajstić information content (AvgIpc) is 3.10. The molecule has 3 heterocycles. The third kappa shape index (κ3) is 4.38. The molecule has 1 amide bonds. The quantitative estimate of drug-likeness (QED) is 0.174. The summed E-state index contributed by atoms with van der Waals surface area (Å²) < 4.78 is 2.11. The van der Waals surface area contributed by atoms with Crippen LogP contribution in [0.1, 0.15) is 15.9 Å². The van der Waals surface area contributed by atoms with Gasteiger partial charge in [0, 0.05) is 27.8 Å². The Labute approximate surface area is 201 Å². The number of carbonyl (C=O) groups is 2. The number of rotatable bonds is 5. The van der Waals surface area contributed by atoms with E-state index in [1.165, 1.54) is 6.20 Å². The second-order valence-corrected chi connectivity index (χ2v) is 8.41. The molecule has 0 fully saturated rings. The van der Waals surface area contributed by atoms with Gasteiger partial charge in [-0.05, 0) is 29.8 Å². The van der Waals surface area contributed by atoms with Crippen LogP contribution in [0.3, 0.4) is 0 Å². The zero-order valence-corrected chi connectivity index (χ0v) is 19.0. The second-order valence-electron chi connectivity index (χ2n) is 6.75. The molecule has 7 nitrogen and oxygen atoms in total. The summed E-state index contributed by atoms with van der Waals surface area (Å²) in [7, 11) is 0. The van der Waals surface area contributed by atoms with E-state index in [1.807, 2.05) is 0 Å². The molecule has 162 valence electrons. The van der Waals surface area contributed by atoms with Crippen molar-refractivity contribution >= 4 is 74.8 Å². The Morgan fingerprint density at radius 3 is 2.47 bits per heavy atom. The number of hydrogen-bond donors (Lipinski definition) is 1. The lowest BCUT2D eigenvalue weighted by atomic mass is 10.1. The Balaban J connectivity index is 1.68. The molecule has 3 aromatic heterocycles. The van der Waals surface area contributed by atoms with Gasteiger partial charge < -0.3 is 15.1 Å². The van der Waals surface area contributed by atoms with Crippen molar-refractivity contribution in [3.63, 3.8) is 0 Å². The number of benzene rings is 1. The Morgan fingerprint density at radius 2 is 1.78 bits per heavy atom. The van der Waals surface area contributed by atoms with E-state index < -0.39 is 11.7 Å². The van der Waals surface area contributed by atoms with Crippen molar-refractivity contribution in [2.75, 3.05) is 5.32 Å². The van der Waals surface area contributed by atoms with Crippen LogP contribution in [0.4, 0.5) is 5.69 Å². The number of fused-ring (bicyclic) bond motifs is 1. The number of aromatic nitrogens is 3. The summed E-state index contributed by atoms with van der Waals surface area (Å²) >= 11 is 24.2. The largest absolute Gasteiger partial charge is 0.619 e. The van der Waals surface area contributed by atoms with Crippen LogP contribution in [0.25, 0.3) is 11.0 Å². The van der Waals surface area contributed by atoms with Crippen LogP contribution in [0, 0.1) is 5.21 Å². The summed E-state index contributed by atoms with van der Waals surface area (Å²) in [6.45, 7) is 0.304. The first-order valence-electron chi connectivity index (χ1n) is 9.06. The Bertz CT molecular complexity index is 1360. The fourth-order valence-electron chi connectivity index (χ4n) is 3.17. The number of hydrogen-bond acceptors (Lipinski definition) is 4. The van der Waals surface area contributed by atoms with Crippen LogP contribution >= 0.6 is 46.4 Å². The topological polar surface area (TPSA) is 90.9 Å². The Morgan fingerprint density at radius 1 is 1.06 bits per heavy atom. The normalized spacial score (nSPS) is 11.0. The number of carbonyl (C=O) groups excluding carboxylic acids is 2. The van der Waals surface area contributed by atoms with Crippen molar-refractivity contribution in [2.24, 2.45) is 0 Å². The summed E-state index contributed by atoms with van der Waals surface area (Å²) in [6.07, 6.45) is 5.14. The highest BCUT2D eigenvalue weighted by Gasteiger charge is 2.24. The standard InChI is InChI=1S/C21H12Cl4N4O3/c22-12-4-3-11(15(23)6-12)7-28-8-14(13-2-1-5-26-20(13)28)19(30)21(31)27-18-16(24)9-29(32)10-17(18)25/h1-6,8-10H,7H2,(H,27,31). The predicted octanol–water partition coefficient (Wildman–Crippen LogP) is 5.15. The van der Waals surface area contributed by atoms with Crippen molar-refractivity contribution in [1.29, 1.82) is 0 Å². The van der Waals surface area contributed by atoms with Gasteiger partial charge in [0.25, 0.3) is 11.7 Å². The lowest BCUT2D eigenvalue weighted by molar-refractivity contribution is -0.605. The number of ketones is 1. The molecule has 0 unspecified atom stereocenters. The molecule has 0 saturated carbocycles. The van der Waals surface area contributed by atoms with Crippen LogP contribution in [-0.2, 0) is 11.3 Å². The van der Waals surface area contributed by atoms with Crippen LogP contribution in [-0.4, -0.2) is 21.2 Å². The summed E-state index contributed by atoms with van der Waals surface area (Å²) in [5, 5.41) is 15.0. The lowest BCUT2D eigenvalue weighted by Gasteiger charge is -2.08. The molecule has 4 rings (SSSR count). The molecule has 1 N–H and O–H groups in total. The van der Waals surface area contributed by atoms with E-state index in [9.17, 15) is 14.8 Å². The average molecular weight is 510 g/mol. The van der Waals surface area contributed by atoms with Crippen molar-refractivity contribution in [3.05, 3.63) is 91.5 Å². The van der Waals surface area contributed by atoms with Gasteiger partial charge in [0.2, 0.25) is 12.4 Å². The van der Waals surface area contributed by atoms with Gasteiger partial charge >= 0.3 is 0 Å². The van der Waals surface area contributed by atoms with Crippen LogP contribution in [0.5, 0.6) is 0 Å². The highest BCUT2D eigenvalue weighted by atomic mass is 35.5. The fraction of sp³-hybridized carbons (Fsp3) is 0.0476. The zero-order valence-electron chi connectivity index (χ0n) is 16.0. The molecule has 0 saturated heterocycles. The number of nitrogens with zero attached hydrogens (tertiary/aromatic N) is 3. The highest BCUT2D eigenvalue weighted by Crippen LogP contribution is 2.29. The minimum Gasteiger partial charge on any atom is -0.619 e. The zero-order chi connectivity index (χ0) is 23.0. The molecule has 1 aromatic carbocycles. The predicted molar refractivity (Wildman–Crippen MR) is 124 cm³/mol. The van der Waals surface area contributed by atoms with E-state index in [1.54, 1.807) is 41.1 Å². The van der Waals surface area contributed by atoms with Crippen LogP contribution in [0.15, 0.2) is 55.1 Å². The van der Waals surface area contributed by atoms with Crippen molar-refractivity contribution in [1.82, 2.24) is 9.55 Å². The molecule has 0 bridgehead atoms. The number of pyridine rings is 2. The van der Waals surface area contributed by atoms with Crippen molar-refractivity contribution in [2.45, 2.75) is 6.54 Å². The van der Waals surface area contributed by atoms with E-state index in [0.29, 0.717) is 32.4 Å². The summed E-state index contributed by atoms with van der Waals surface area (Å²) in [5.41, 5.74) is 1.36. The monoisotopic (exact) mass is 508 g/mol. The van der Waals surface area contributed by atoms with Gasteiger partial charge in [-0.25, -0.2) is 4.98 Å². The van der Waals surface area contributed by atoms with Crippen molar-refractivity contribution < 1.29 is 14.3 Å². The Kier molecular flexibility index (Phi) is 6.26. The molecule has 0 atom stereocenters. The first-order chi connectivity index (χ1) is 15.2. The molecule has 0 radical (unpaired) electrons. The molecular formula is C21H12Cl4N4O3. The Hall–Kier alpha value is -2.84. The second kappa shape index (κ2) is 8.96. The molecule has 0 aliphatic carbocycles. The van der Waals surface area contributed by atoms with Crippen LogP contribution < -0.4 is 10.0 Å². The van der Waals surface area contributed by atoms with Gasteiger partial charge in [-0.3, -0.25) is 9.59 Å². The maximum Gasteiger partial charge on any atom is 0.296 e. The summed E-state index contributed by atoms with van der Waals surface area (Å²) in [4.78, 5) is 30.0. The maximum atomic E-state index is 13.0. The molecule has 0 aliphatic rings. The van der Waals surface area contributed by atoms with Gasteiger partial charge in [0.1, 0.15) is 15.7 Å². The van der Waals surface area contributed by atoms with E-state index in [0.717, 1.165) is 18.0 Å². The summed E-state index contributed by atoms with van der Waals surface area (Å²) in [5.74, 6) is -1.79. The van der Waals surface area contributed by atoms with E-state index >= 15 is 0 Å². The molecule has 0 spiro atoms. The lowest BCUT2D eigenvalue weighted by Crippen LogP contribution is -2.27. The maximum absolute atomic E-state index is 13.0. The van der Waals surface area contributed by atoms with E-state index in [2.05, 4.69) is 10.3 Å². The van der Waals surface area contributed by atoms with E-state index in [4.69, 9.17) is 46.4 Å². The SMILES string of the molecule is O=C(Nc1c(Cl)c[n+]([O-])cc1Cl)C(=O)c1cn(Cc2ccc(Cl)cc2Cl)c2ncccc12. The molecule has 0 aliphatic heterocycles. The number of nitrogens with one attached hydrogen (secondary N) is 1. The molecule has 4 aromatic rings. The number of anilines is 1. The third-order valence-electron chi connectivity index (χ3n) is 4.64. The molecule has 32 heavy (non-hydrogen) atoms. The van der Waals surface area contributed by atoms with Gasteiger partial charge in [0.05, 0.1) is 17.8 Å². The highest BCUT2D eigenvalue weighted by molar-refractivity contribution is 6.50. The van der Waals surface area contributed by atoms with Crippen LogP contribution in [0.2, 0.25) is 20.1 Å². The fourth-order valence-corrected chi connectivity index (χ4v) is 4.18. The van der Waals surface area contributed by atoms with Gasteiger partial charge in [-0.15, -0.1) is 0 Å². The van der Waals surface area contributed by atoms with E-state index in [-0.39, 0.29) is 21.3 Å². The third-order valence-corrected chi connectivity index (χ3v) is 5.80.